The SMILES string of the molecule is Cc1nc(CNc2cc(C#N)ccc2Cl)oc1C. The van der Waals surface area contributed by atoms with Gasteiger partial charge >= 0.3 is 0 Å². The van der Waals surface area contributed by atoms with E-state index in [1.807, 2.05) is 13.8 Å². The van der Waals surface area contributed by atoms with E-state index in [0.717, 1.165) is 11.5 Å². The summed E-state index contributed by atoms with van der Waals surface area (Å²) in [4.78, 5) is 4.26. The second-order valence-electron chi connectivity index (χ2n) is 3.91. The van der Waals surface area contributed by atoms with Crippen LogP contribution in [-0.2, 0) is 6.54 Å². The number of nitrogens with one attached hydrogen (secondary N) is 1. The van der Waals surface area contributed by atoms with E-state index in [2.05, 4.69) is 16.4 Å². The van der Waals surface area contributed by atoms with E-state index in [1.165, 1.54) is 0 Å². The molecule has 0 saturated carbocycles. The molecule has 0 bridgehead atoms. The lowest BCUT2D eigenvalue weighted by Crippen LogP contribution is -2.00. The van der Waals surface area contributed by atoms with E-state index in [9.17, 15) is 0 Å². The Bertz CT molecular complexity index is 594. The quantitative estimate of drug-likeness (QED) is 0.919. The molecule has 1 N–H and O–H groups in total. The van der Waals surface area contributed by atoms with Gasteiger partial charge < -0.3 is 9.73 Å². The molecule has 0 unspecified atom stereocenters. The second kappa shape index (κ2) is 5.11. The maximum Gasteiger partial charge on any atom is 0.213 e. The zero-order valence-corrected chi connectivity index (χ0v) is 10.9. The van der Waals surface area contributed by atoms with Crippen LogP contribution in [0.3, 0.4) is 0 Å². The molecule has 18 heavy (non-hydrogen) atoms. The van der Waals surface area contributed by atoms with Gasteiger partial charge in [0.15, 0.2) is 0 Å². The number of hydrogen-bond acceptors (Lipinski definition) is 4. The number of aromatic nitrogens is 1. The van der Waals surface area contributed by atoms with Crippen molar-refractivity contribution in [1.29, 1.82) is 5.26 Å². The van der Waals surface area contributed by atoms with Crippen molar-refractivity contribution in [1.82, 2.24) is 4.98 Å². The summed E-state index contributed by atoms with van der Waals surface area (Å²) >= 11 is 6.03. The highest BCUT2D eigenvalue weighted by Gasteiger charge is 2.07. The number of aryl methyl sites for hydroxylation is 2. The molecule has 1 aromatic heterocycles. The molecule has 0 saturated heterocycles. The van der Waals surface area contributed by atoms with Crippen molar-refractivity contribution in [3.8, 4) is 6.07 Å². The average Bonchev–Trinajstić information content (AvgIpc) is 2.68. The molecule has 2 rings (SSSR count). The van der Waals surface area contributed by atoms with Gasteiger partial charge in [0.2, 0.25) is 5.89 Å². The number of oxazole rings is 1. The minimum atomic E-state index is 0.434. The first kappa shape index (κ1) is 12.5. The Morgan fingerprint density at radius 2 is 2.22 bits per heavy atom. The molecule has 0 aliphatic heterocycles. The van der Waals surface area contributed by atoms with Crippen molar-refractivity contribution in [2.45, 2.75) is 20.4 Å². The Balaban J connectivity index is 2.13. The molecule has 0 radical (unpaired) electrons. The maximum atomic E-state index is 8.83. The Morgan fingerprint density at radius 1 is 1.44 bits per heavy atom. The van der Waals surface area contributed by atoms with Crippen LogP contribution < -0.4 is 5.32 Å². The summed E-state index contributed by atoms with van der Waals surface area (Å²) in [5.41, 5.74) is 2.13. The average molecular weight is 262 g/mol. The van der Waals surface area contributed by atoms with Gasteiger partial charge in [0.05, 0.1) is 34.6 Å². The molecule has 0 spiro atoms. The van der Waals surface area contributed by atoms with Crippen LogP contribution in [0.25, 0.3) is 0 Å². The van der Waals surface area contributed by atoms with Gasteiger partial charge in [0.25, 0.3) is 0 Å². The Kier molecular flexibility index (Phi) is 3.54. The predicted octanol–water partition coefficient (Wildman–Crippen LogP) is 3.43. The summed E-state index contributed by atoms with van der Waals surface area (Å²) < 4.78 is 5.45. The van der Waals surface area contributed by atoms with Crippen LogP contribution >= 0.6 is 11.6 Å². The van der Waals surface area contributed by atoms with Gasteiger partial charge in [-0.2, -0.15) is 5.26 Å². The van der Waals surface area contributed by atoms with Gasteiger partial charge in [-0.25, -0.2) is 4.98 Å². The molecule has 5 heteroatoms. The number of benzene rings is 1. The molecule has 4 nitrogen and oxygen atoms in total. The summed E-state index contributed by atoms with van der Waals surface area (Å²) in [5.74, 6) is 1.41. The normalized spacial score (nSPS) is 10.1. The van der Waals surface area contributed by atoms with Crippen LogP contribution in [0.5, 0.6) is 0 Å². The van der Waals surface area contributed by atoms with Gasteiger partial charge in [-0.3, -0.25) is 0 Å². The molecule has 0 aliphatic rings. The summed E-state index contributed by atoms with van der Waals surface area (Å²) in [6, 6.07) is 7.13. The summed E-state index contributed by atoms with van der Waals surface area (Å²) in [5, 5.41) is 12.5. The molecule has 2 aromatic rings. The predicted molar refractivity (Wildman–Crippen MR) is 69.5 cm³/mol. The third kappa shape index (κ3) is 2.63. The highest BCUT2D eigenvalue weighted by atomic mass is 35.5. The van der Waals surface area contributed by atoms with Crippen molar-refractivity contribution < 1.29 is 4.42 Å². The summed E-state index contributed by atoms with van der Waals surface area (Å²) in [6.45, 7) is 4.20. The van der Waals surface area contributed by atoms with Gasteiger partial charge in [0, 0.05) is 0 Å². The Morgan fingerprint density at radius 3 is 2.83 bits per heavy atom. The fraction of sp³-hybridized carbons (Fsp3) is 0.231. The number of halogens is 1. The Labute approximate surface area is 110 Å². The van der Waals surface area contributed by atoms with Crippen molar-refractivity contribution in [2.75, 3.05) is 5.32 Å². The largest absolute Gasteiger partial charge is 0.444 e. The van der Waals surface area contributed by atoms with Crippen LogP contribution in [0.15, 0.2) is 22.6 Å². The van der Waals surface area contributed by atoms with Crippen LogP contribution in [0.4, 0.5) is 5.69 Å². The zero-order chi connectivity index (χ0) is 13.1. The molecular weight excluding hydrogens is 250 g/mol. The van der Waals surface area contributed by atoms with Gasteiger partial charge in [-0.15, -0.1) is 0 Å². The molecule has 0 aliphatic carbocycles. The molecule has 92 valence electrons. The van der Waals surface area contributed by atoms with Crippen LogP contribution in [-0.4, -0.2) is 4.98 Å². The van der Waals surface area contributed by atoms with Crippen molar-refractivity contribution in [3.05, 3.63) is 46.1 Å². The fourth-order valence-corrected chi connectivity index (χ4v) is 1.70. The van der Waals surface area contributed by atoms with Crippen molar-refractivity contribution >= 4 is 17.3 Å². The number of hydrogen-bond donors (Lipinski definition) is 1. The molecule has 0 atom stereocenters. The third-order valence-corrected chi connectivity index (χ3v) is 2.93. The summed E-state index contributed by atoms with van der Waals surface area (Å²) in [6.07, 6.45) is 0. The van der Waals surface area contributed by atoms with E-state index < -0.39 is 0 Å². The van der Waals surface area contributed by atoms with Crippen LogP contribution in [0.2, 0.25) is 5.02 Å². The molecule has 1 aromatic carbocycles. The lowest BCUT2D eigenvalue weighted by Gasteiger charge is -2.06. The van der Waals surface area contributed by atoms with Crippen molar-refractivity contribution in [3.63, 3.8) is 0 Å². The van der Waals surface area contributed by atoms with E-state index in [4.69, 9.17) is 21.3 Å². The smallest absolute Gasteiger partial charge is 0.213 e. The monoisotopic (exact) mass is 261 g/mol. The summed E-state index contributed by atoms with van der Waals surface area (Å²) in [7, 11) is 0. The lowest BCUT2D eigenvalue weighted by molar-refractivity contribution is 0.478. The maximum absolute atomic E-state index is 8.83. The number of nitriles is 1. The standard InChI is InChI=1S/C13H12ClN3O/c1-8-9(2)18-13(17-8)7-16-12-5-10(6-15)3-4-11(12)14/h3-5,16H,7H2,1-2H3. The van der Waals surface area contributed by atoms with Gasteiger partial charge in [0.1, 0.15) is 5.76 Å². The number of nitrogens with zero attached hydrogens (tertiary/aromatic N) is 2. The molecule has 0 amide bonds. The fourth-order valence-electron chi connectivity index (χ4n) is 1.52. The highest BCUT2D eigenvalue weighted by Crippen LogP contribution is 2.23. The Hall–Kier alpha value is -1.99. The molecular formula is C13H12ClN3O. The van der Waals surface area contributed by atoms with E-state index >= 15 is 0 Å². The lowest BCUT2D eigenvalue weighted by atomic mass is 10.2. The molecule has 1 heterocycles. The minimum absolute atomic E-state index is 0.434. The molecule has 0 fully saturated rings. The van der Waals surface area contributed by atoms with Crippen molar-refractivity contribution in [2.24, 2.45) is 0 Å². The first-order valence-corrected chi connectivity index (χ1v) is 5.84. The third-order valence-electron chi connectivity index (χ3n) is 2.60. The number of rotatable bonds is 3. The second-order valence-corrected chi connectivity index (χ2v) is 4.32. The highest BCUT2D eigenvalue weighted by molar-refractivity contribution is 6.33. The first-order valence-electron chi connectivity index (χ1n) is 5.46. The van der Waals surface area contributed by atoms with E-state index in [0.29, 0.717) is 28.7 Å². The van der Waals surface area contributed by atoms with Gasteiger partial charge in [-0.1, -0.05) is 11.6 Å². The van der Waals surface area contributed by atoms with Gasteiger partial charge in [-0.05, 0) is 32.0 Å². The van der Waals surface area contributed by atoms with E-state index in [1.54, 1.807) is 18.2 Å². The van der Waals surface area contributed by atoms with Crippen LogP contribution in [0, 0.1) is 25.2 Å². The first-order chi connectivity index (χ1) is 8.60. The zero-order valence-electron chi connectivity index (χ0n) is 10.1. The van der Waals surface area contributed by atoms with Crippen LogP contribution in [0.1, 0.15) is 22.9 Å². The van der Waals surface area contributed by atoms with E-state index in [-0.39, 0.29) is 0 Å². The number of anilines is 1. The topological polar surface area (TPSA) is 61.9 Å². The minimum Gasteiger partial charge on any atom is -0.444 e.